The molecule has 0 radical (unpaired) electrons. The number of amides is 1. The molecule has 2 atom stereocenters. The van der Waals surface area contributed by atoms with Crippen molar-refractivity contribution in [1.29, 1.82) is 0 Å². The van der Waals surface area contributed by atoms with Crippen LogP contribution in [0.4, 0.5) is 4.39 Å². The predicted molar refractivity (Wildman–Crippen MR) is 84.3 cm³/mol. The molecule has 1 aromatic rings. The third-order valence-corrected chi connectivity index (χ3v) is 5.22. The van der Waals surface area contributed by atoms with Crippen LogP contribution in [0.2, 0.25) is 0 Å². The van der Waals surface area contributed by atoms with E-state index in [0.29, 0.717) is 6.61 Å². The van der Waals surface area contributed by atoms with Gasteiger partial charge in [0.1, 0.15) is 11.9 Å². The van der Waals surface area contributed by atoms with E-state index in [4.69, 9.17) is 4.74 Å². The molecule has 1 fully saturated rings. The zero-order valence-corrected chi connectivity index (χ0v) is 14.3. The number of nitrogens with zero attached hydrogens (tertiary/aromatic N) is 1. The SMILES string of the molecule is CCO[C@H]1CN(C(=O)CNS(=O)(=O)c2ccc(F)c(C)c2)C[C@@H]1O. The van der Waals surface area contributed by atoms with Crippen molar-refractivity contribution in [1.82, 2.24) is 9.62 Å². The second-order valence-corrected chi connectivity index (χ2v) is 7.36. The molecular weight excluding hydrogens is 339 g/mol. The maximum Gasteiger partial charge on any atom is 0.241 e. The van der Waals surface area contributed by atoms with E-state index < -0.39 is 40.5 Å². The molecule has 1 heterocycles. The molecule has 1 aliphatic heterocycles. The highest BCUT2D eigenvalue weighted by Crippen LogP contribution is 2.15. The average Bonchev–Trinajstić information content (AvgIpc) is 2.89. The molecule has 1 saturated heterocycles. The number of carbonyl (C=O) groups is 1. The fraction of sp³-hybridized carbons (Fsp3) is 0.533. The minimum Gasteiger partial charge on any atom is -0.388 e. The van der Waals surface area contributed by atoms with Crippen molar-refractivity contribution in [2.24, 2.45) is 0 Å². The summed E-state index contributed by atoms with van der Waals surface area (Å²) < 4.78 is 45.1. The molecule has 134 valence electrons. The number of nitrogens with one attached hydrogen (secondary N) is 1. The molecule has 1 amide bonds. The van der Waals surface area contributed by atoms with Crippen LogP contribution in [-0.4, -0.2) is 62.8 Å². The highest BCUT2D eigenvalue weighted by Gasteiger charge is 2.34. The highest BCUT2D eigenvalue weighted by molar-refractivity contribution is 7.89. The van der Waals surface area contributed by atoms with Crippen molar-refractivity contribution < 1.29 is 27.4 Å². The number of β-amino-alcohol motifs (C(OH)–C–C–N with tert-alkyl or cyclic N) is 1. The maximum atomic E-state index is 13.2. The van der Waals surface area contributed by atoms with Crippen LogP contribution in [0.15, 0.2) is 23.1 Å². The second-order valence-electron chi connectivity index (χ2n) is 5.60. The van der Waals surface area contributed by atoms with E-state index in [9.17, 15) is 22.7 Å². The van der Waals surface area contributed by atoms with E-state index in [2.05, 4.69) is 4.72 Å². The van der Waals surface area contributed by atoms with Gasteiger partial charge < -0.3 is 14.7 Å². The highest BCUT2D eigenvalue weighted by atomic mass is 32.2. The lowest BCUT2D eigenvalue weighted by Crippen LogP contribution is -2.39. The Morgan fingerprint density at radius 2 is 2.17 bits per heavy atom. The van der Waals surface area contributed by atoms with Crippen LogP contribution in [-0.2, 0) is 19.6 Å². The lowest BCUT2D eigenvalue weighted by molar-refractivity contribution is -0.129. The van der Waals surface area contributed by atoms with Crippen molar-refractivity contribution in [3.63, 3.8) is 0 Å². The molecule has 0 aromatic heterocycles. The van der Waals surface area contributed by atoms with Crippen LogP contribution in [0.1, 0.15) is 12.5 Å². The van der Waals surface area contributed by atoms with Crippen LogP contribution in [0.3, 0.4) is 0 Å². The summed E-state index contributed by atoms with van der Waals surface area (Å²) >= 11 is 0. The Morgan fingerprint density at radius 3 is 2.79 bits per heavy atom. The van der Waals surface area contributed by atoms with Gasteiger partial charge in [0, 0.05) is 19.7 Å². The van der Waals surface area contributed by atoms with E-state index in [0.717, 1.165) is 12.1 Å². The minimum absolute atomic E-state index is 0.0981. The van der Waals surface area contributed by atoms with E-state index in [-0.39, 0.29) is 23.5 Å². The number of ether oxygens (including phenoxy) is 1. The minimum atomic E-state index is -3.92. The van der Waals surface area contributed by atoms with Crippen molar-refractivity contribution in [3.05, 3.63) is 29.6 Å². The molecule has 0 spiro atoms. The molecule has 0 saturated carbocycles. The Hall–Kier alpha value is -1.55. The summed E-state index contributed by atoms with van der Waals surface area (Å²) in [6.07, 6.45) is -1.25. The number of hydrogen-bond donors (Lipinski definition) is 2. The van der Waals surface area contributed by atoms with Crippen LogP contribution in [0.25, 0.3) is 0 Å². The van der Waals surface area contributed by atoms with Gasteiger partial charge in [0.25, 0.3) is 0 Å². The molecular formula is C15H21FN2O5S. The number of aliphatic hydroxyl groups is 1. The summed E-state index contributed by atoms with van der Waals surface area (Å²) in [5.41, 5.74) is 0.200. The topological polar surface area (TPSA) is 95.9 Å². The lowest BCUT2D eigenvalue weighted by Gasteiger charge is -2.16. The number of likely N-dealkylation sites (tertiary alicyclic amines) is 1. The van der Waals surface area contributed by atoms with Crippen molar-refractivity contribution >= 4 is 15.9 Å². The largest absolute Gasteiger partial charge is 0.388 e. The number of hydrogen-bond acceptors (Lipinski definition) is 5. The predicted octanol–water partition coefficient (Wildman–Crippen LogP) is 0.0206. The van der Waals surface area contributed by atoms with Gasteiger partial charge in [0.15, 0.2) is 0 Å². The van der Waals surface area contributed by atoms with Gasteiger partial charge in [-0.1, -0.05) is 0 Å². The van der Waals surface area contributed by atoms with E-state index >= 15 is 0 Å². The number of benzene rings is 1. The summed E-state index contributed by atoms with van der Waals surface area (Å²) in [4.78, 5) is 13.4. The van der Waals surface area contributed by atoms with E-state index in [1.807, 2.05) is 0 Å². The lowest BCUT2D eigenvalue weighted by atomic mass is 10.2. The Bertz CT molecular complexity index is 710. The monoisotopic (exact) mass is 360 g/mol. The first-order valence-corrected chi connectivity index (χ1v) is 9.06. The molecule has 0 aliphatic carbocycles. The first-order chi connectivity index (χ1) is 11.2. The first-order valence-electron chi connectivity index (χ1n) is 7.58. The quantitative estimate of drug-likeness (QED) is 0.746. The Kier molecular flexibility index (Phi) is 5.92. The fourth-order valence-electron chi connectivity index (χ4n) is 2.47. The van der Waals surface area contributed by atoms with Crippen molar-refractivity contribution in [3.8, 4) is 0 Å². The summed E-state index contributed by atoms with van der Waals surface area (Å²) in [7, 11) is -3.92. The molecule has 24 heavy (non-hydrogen) atoms. The maximum absolute atomic E-state index is 13.2. The molecule has 2 N–H and O–H groups in total. The number of halogens is 1. The Labute approximate surface area is 140 Å². The third-order valence-electron chi connectivity index (χ3n) is 3.82. The number of aryl methyl sites for hydroxylation is 1. The molecule has 2 rings (SSSR count). The molecule has 7 nitrogen and oxygen atoms in total. The van der Waals surface area contributed by atoms with Gasteiger partial charge >= 0.3 is 0 Å². The van der Waals surface area contributed by atoms with E-state index in [1.54, 1.807) is 6.92 Å². The van der Waals surface area contributed by atoms with Gasteiger partial charge in [-0.05, 0) is 37.6 Å². The van der Waals surface area contributed by atoms with Gasteiger partial charge in [-0.15, -0.1) is 0 Å². The van der Waals surface area contributed by atoms with Crippen LogP contribution < -0.4 is 4.72 Å². The zero-order chi connectivity index (χ0) is 17.9. The molecule has 1 aliphatic rings. The van der Waals surface area contributed by atoms with Crippen LogP contribution in [0, 0.1) is 12.7 Å². The summed E-state index contributed by atoms with van der Waals surface area (Å²) in [5.74, 6) is -0.961. The summed E-state index contributed by atoms with van der Waals surface area (Å²) in [6, 6.07) is 3.40. The standard InChI is InChI=1S/C15H21FN2O5S/c1-3-23-14-9-18(8-13(14)19)15(20)7-17-24(21,22)11-4-5-12(16)10(2)6-11/h4-6,13-14,17,19H,3,7-9H2,1-2H3/t13-,14-/m0/s1. The van der Waals surface area contributed by atoms with Crippen molar-refractivity contribution in [2.75, 3.05) is 26.2 Å². The van der Waals surface area contributed by atoms with Crippen LogP contribution in [0.5, 0.6) is 0 Å². The van der Waals surface area contributed by atoms with Gasteiger partial charge in [-0.25, -0.2) is 17.5 Å². The molecule has 0 bridgehead atoms. The Balaban J connectivity index is 1.97. The fourth-order valence-corrected chi connectivity index (χ4v) is 3.53. The number of carbonyl (C=O) groups excluding carboxylic acids is 1. The number of aliphatic hydroxyl groups excluding tert-OH is 1. The smallest absolute Gasteiger partial charge is 0.241 e. The van der Waals surface area contributed by atoms with Crippen LogP contribution >= 0.6 is 0 Å². The Morgan fingerprint density at radius 1 is 1.46 bits per heavy atom. The van der Waals surface area contributed by atoms with Gasteiger partial charge in [-0.3, -0.25) is 4.79 Å². The van der Waals surface area contributed by atoms with Crippen molar-refractivity contribution in [2.45, 2.75) is 31.0 Å². The van der Waals surface area contributed by atoms with Gasteiger partial charge in [-0.2, -0.15) is 0 Å². The van der Waals surface area contributed by atoms with Gasteiger partial charge in [0.2, 0.25) is 15.9 Å². The zero-order valence-electron chi connectivity index (χ0n) is 13.5. The number of rotatable bonds is 6. The first kappa shape index (κ1) is 18.8. The van der Waals surface area contributed by atoms with Gasteiger partial charge in [0.05, 0.1) is 17.5 Å². The average molecular weight is 360 g/mol. The second kappa shape index (κ2) is 7.56. The number of sulfonamides is 1. The van der Waals surface area contributed by atoms with E-state index in [1.165, 1.54) is 17.9 Å². The molecule has 0 unspecified atom stereocenters. The summed E-state index contributed by atoms with van der Waals surface area (Å²) in [6.45, 7) is 3.53. The molecule has 9 heteroatoms. The third kappa shape index (κ3) is 4.29. The molecule has 1 aromatic carbocycles. The normalized spacial score (nSPS) is 21.2. The summed E-state index contributed by atoms with van der Waals surface area (Å²) in [5, 5.41) is 9.81.